The summed E-state index contributed by atoms with van der Waals surface area (Å²) in [4.78, 5) is 22.9. The lowest BCUT2D eigenvalue weighted by molar-refractivity contribution is -0.148. The van der Waals surface area contributed by atoms with E-state index in [9.17, 15) is 14.7 Å². The molecule has 0 saturated carbocycles. The molecule has 2 atom stereocenters. The first-order valence-corrected chi connectivity index (χ1v) is 7.01. The van der Waals surface area contributed by atoms with E-state index in [4.69, 9.17) is 9.84 Å². The third-order valence-corrected chi connectivity index (χ3v) is 3.21. The molecule has 2 aromatic rings. The molecule has 6 heteroatoms. The van der Waals surface area contributed by atoms with Crippen molar-refractivity contribution in [3.05, 3.63) is 71.8 Å². The third kappa shape index (κ3) is 4.82. The van der Waals surface area contributed by atoms with Gasteiger partial charge in [-0.05, 0) is 11.1 Å². The summed E-state index contributed by atoms with van der Waals surface area (Å²) >= 11 is 0. The van der Waals surface area contributed by atoms with Crippen molar-refractivity contribution in [2.45, 2.75) is 18.8 Å². The molecule has 6 nitrogen and oxygen atoms in total. The first kappa shape index (κ1) is 16.5. The van der Waals surface area contributed by atoms with Gasteiger partial charge in [0.15, 0.2) is 6.10 Å². The van der Waals surface area contributed by atoms with Crippen molar-refractivity contribution in [1.29, 1.82) is 0 Å². The average molecular weight is 315 g/mol. The number of alkyl carbamates (subject to hydrolysis) is 1. The van der Waals surface area contributed by atoms with Crippen LogP contribution in [-0.4, -0.2) is 28.4 Å². The first-order valence-electron chi connectivity index (χ1n) is 7.01. The number of aliphatic hydroxyl groups excluding tert-OH is 1. The second-order valence-electron chi connectivity index (χ2n) is 4.88. The molecule has 0 spiro atoms. The van der Waals surface area contributed by atoms with Crippen molar-refractivity contribution in [1.82, 2.24) is 5.32 Å². The van der Waals surface area contributed by atoms with E-state index in [1.807, 2.05) is 18.2 Å². The maximum absolute atomic E-state index is 11.9. The van der Waals surface area contributed by atoms with Crippen molar-refractivity contribution in [3.63, 3.8) is 0 Å². The predicted molar refractivity (Wildman–Crippen MR) is 82.6 cm³/mol. The minimum atomic E-state index is -1.78. The van der Waals surface area contributed by atoms with E-state index >= 15 is 0 Å². The number of amides is 1. The largest absolute Gasteiger partial charge is 0.479 e. The fourth-order valence-corrected chi connectivity index (χ4v) is 2.04. The summed E-state index contributed by atoms with van der Waals surface area (Å²) in [7, 11) is 0. The fourth-order valence-electron chi connectivity index (χ4n) is 2.04. The number of aliphatic hydroxyl groups is 1. The zero-order chi connectivity index (χ0) is 16.7. The standard InChI is InChI=1S/C17H17NO5/c19-15(16(20)21)14(13-9-5-2-6-10-13)18-17(22)23-11-12-7-3-1-4-8-12/h1-10,14-15,19H,11H2,(H,18,22)(H,20,21)/t14-,15+/m0/s1. The van der Waals surface area contributed by atoms with Crippen LogP contribution < -0.4 is 5.32 Å². The second kappa shape index (κ2) is 7.95. The average Bonchev–Trinajstić information content (AvgIpc) is 2.59. The van der Waals surface area contributed by atoms with Crippen LogP contribution in [0.3, 0.4) is 0 Å². The van der Waals surface area contributed by atoms with Crippen LogP contribution in [0.5, 0.6) is 0 Å². The summed E-state index contributed by atoms with van der Waals surface area (Å²) in [5.41, 5.74) is 1.27. The van der Waals surface area contributed by atoms with Crippen molar-refractivity contribution in [2.24, 2.45) is 0 Å². The highest BCUT2D eigenvalue weighted by molar-refractivity contribution is 5.75. The zero-order valence-corrected chi connectivity index (χ0v) is 12.3. The number of hydrogen-bond acceptors (Lipinski definition) is 4. The van der Waals surface area contributed by atoms with Crippen molar-refractivity contribution < 1.29 is 24.5 Å². The number of carbonyl (C=O) groups excluding carboxylic acids is 1. The number of benzene rings is 2. The molecular weight excluding hydrogens is 298 g/mol. The molecule has 0 radical (unpaired) electrons. The van der Waals surface area contributed by atoms with Gasteiger partial charge in [0.05, 0.1) is 6.04 Å². The molecule has 23 heavy (non-hydrogen) atoms. The maximum Gasteiger partial charge on any atom is 0.408 e. The highest BCUT2D eigenvalue weighted by Gasteiger charge is 2.29. The Hall–Kier alpha value is -2.86. The van der Waals surface area contributed by atoms with Crippen molar-refractivity contribution in [2.75, 3.05) is 0 Å². The van der Waals surface area contributed by atoms with Gasteiger partial charge in [0, 0.05) is 0 Å². The van der Waals surface area contributed by atoms with Crippen molar-refractivity contribution in [3.8, 4) is 0 Å². The molecule has 0 aliphatic rings. The van der Waals surface area contributed by atoms with Crippen LogP contribution in [0.4, 0.5) is 4.79 Å². The monoisotopic (exact) mass is 315 g/mol. The lowest BCUT2D eigenvalue weighted by Gasteiger charge is -2.21. The lowest BCUT2D eigenvalue weighted by atomic mass is 10.0. The Labute approximate surface area is 133 Å². The number of carbonyl (C=O) groups is 2. The number of carboxylic acids is 1. The van der Waals surface area contributed by atoms with E-state index in [1.54, 1.807) is 42.5 Å². The first-order chi connectivity index (χ1) is 11.1. The summed E-state index contributed by atoms with van der Waals surface area (Å²) in [5, 5.41) is 21.2. The normalized spacial score (nSPS) is 12.9. The summed E-state index contributed by atoms with van der Waals surface area (Å²) in [5.74, 6) is -1.43. The van der Waals surface area contributed by atoms with Crippen molar-refractivity contribution >= 4 is 12.1 Å². The van der Waals surface area contributed by atoms with E-state index in [2.05, 4.69) is 5.32 Å². The Bertz CT molecular complexity index is 645. The summed E-state index contributed by atoms with van der Waals surface area (Å²) < 4.78 is 5.06. The maximum atomic E-state index is 11.9. The Morgan fingerprint density at radius 2 is 1.57 bits per heavy atom. The van der Waals surface area contributed by atoms with Crippen LogP contribution >= 0.6 is 0 Å². The molecule has 0 saturated heterocycles. The van der Waals surface area contributed by atoms with Gasteiger partial charge in [-0.2, -0.15) is 0 Å². The summed E-state index contributed by atoms with van der Waals surface area (Å²) in [6, 6.07) is 16.3. The number of aliphatic carboxylic acids is 1. The van der Waals surface area contributed by atoms with Gasteiger partial charge in [-0.3, -0.25) is 0 Å². The number of carboxylic acid groups (broad SMARTS) is 1. The topological polar surface area (TPSA) is 95.9 Å². The second-order valence-corrected chi connectivity index (χ2v) is 4.88. The molecule has 0 fully saturated rings. The van der Waals surface area contributed by atoms with Gasteiger partial charge in [-0.1, -0.05) is 60.7 Å². The minimum Gasteiger partial charge on any atom is -0.479 e. The Morgan fingerprint density at radius 1 is 1.00 bits per heavy atom. The van der Waals surface area contributed by atoms with Crippen LogP contribution in [0.15, 0.2) is 60.7 Å². The Balaban J connectivity index is 2.02. The molecule has 120 valence electrons. The van der Waals surface area contributed by atoms with Crippen LogP contribution in [0.1, 0.15) is 17.2 Å². The van der Waals surface area contributed by atoms with Gasteiger partial charge in [-0.25, -0.2) is 9.59 Å². The SMILES string of the molecule is O=C(N[C@@H](c1ccccc1)[C@@H](O)C(=O)O)OCc1ccccc1. The van der Waals surface area contributed by atoms with E-state index in [-0.39, 0.29) is 6.61 Å². The predicted octanol–water partition coefficient (Wildman–Crippen LogP) is 2.10. The van der Waals surface area contributed by atoms with Crippen LogP contribution in [-0.2, 0) is 16.1 Å². The van der Waals surface area contributed by atoms with Gasteiger partial charge < -0.3 is 20.3 Å². The van der Waals surface area contributed by atoms with E-state index in [0.717, 1.165) is 5.56 Å². The van der Waals surface area contributed by atoms with Gasteiger partial charge in [-0.15, -0.1) is 0 Å². The Kier molecular flexibility index (Phi) is 5.71. The van der Waals surface area contributed by atoms with Gasteiger partial charge in [0.25, 0.3) is 0 Å². The fraction of sp³-hybridized carbons (Fsp3) is 0.176. The van der Waals surface area contributed by atoms with Gasteiger partial charge in [0.2, 0.25) is 0 Å². The molecule has 0 bridgehead atoms. The molecule has 2 aromatic carbocycles. The lowest BCUT2D eigenvalue weighted by Crippen LogP contribution is -2.40. The quantitative estimate of drug-likeness (QED) is 0.758. The molecule has 0 aliphatic heterocycles. The van der Waals surface area contributed by atoms with Gasteiger partial charge in [0.1, 0.15) is 6.61 Å². The molecule has 0 aliphatic carbocycles. The number of ether oxygens (including phenoxy) is 1. The van der Waals surface area contributed by atoms with Gasteiger partial charge >= 0.3 is 12.1 Å². The molecule has 3 N–H and O–H groups in total. The van der Waals surface area contributed by atoms with Crippen LogP contribution in [0.2, 0.25) is 0 Å². The third-order valence-electron chi connectivity index (χ3n) is 3.21. The highest BCUT2D eigenvalue weighted by atomic mass is 16.5. The number of hydrogen-bond donors (Lipinski definition) is 3. The smallest absolute Gasteiger partial charge is 0.408 e. The van der Waals surface area contributed by atoms with Crippen LogP contribution in [0, 0.1) is 0 Å². The van der Waals surface area contributed by atoms with E-state index < -0.39 is 24.2 Å². The van der Waals surface area contributed by atoms with Crippen LogP contribution in [0.25, 0.3) is 0 Å². The zero-order valence-electron chi connectivity index (χ0n) is 12.3. The Morgan fingerprint density at radius 3 is 2.13 bits per heavy atom. The minimum absolute atomic E-state index is 0.0529. The molecule has 1 amide bonds. The molecule has 0 heterocycles. The number of rotatable bonds is 6. The van der Waals surface area contributed by atoms with E-state index in [0.29, 0.717) is 5.56 Å². The molecular formula is C17H17NO5. The number of nitrogens with one attached hydrogen (secondary N) is 1. The molecule has 0 unspecified atom stereocenters. The highest BCUT2D eigenvalue weighted by Crippen LogP contribution is 2.17. The van der Waals surface area contributed by atoms with E-state index in [1.165, 1.54) is 0 Å². The summed E-state index contributed by atoms with van der Waals surface area (Å²) in [6.07, 6.45) is -2.58. The summed E-state index contributed by atoms with van der Waals surface area (Å²) in [6.45, 7) is 0.0529. The molecule has 0 aromatic heterocycles. The molecule has 2 rings (SSSR count).